The zero-order chi connectivity index (χ0) is 14.7. The molecule has 21 heavy (non-hydrogen) atoms. The summed E-state index contributed by atoms with van der Waals surface area (Å²) in [5, 5.41) is 0. The molecule has 0 saturated carbocycles. The molecule has 1 saturated heterocycles. The fraction of sp³-hybridized carbons (Fsp3) is 0.438. The van der Waals surface area contributed by atoms with Crippen LogP contribution in [0.3, 0.4) is 0 Å². The van der Waals surface area contributed by atoms with E-state index in [9.17, 15) is 0 Å². The summed E-state index contributed by atoms with van der Waals surface area (Å²) in [6, 6.07) is 6.18. The number of anilines is 1. The van der Waals surface area contributed by atoms with Crippen molar-refractivity contribution in [3.05, 3.63) is 47.5 Å². The van der Waals surface area contributed by atoms with Gasteiger partial charge in [-0.2, -0.15) is 0 Å². The second-order valence-electron chi connectivity index (χ2n) is 5.57. The summed E-state index contributed by atoms with van der Waals surface area (Å²) < 4.78 is 0. The highest BCUT2D eigenvalue weighted by Gasteiger charge is 2.19. The lowest BCUT2D eigenvalue weighted by atomic mass is 10.2. The second-order valence-corrected chi connectivity index (χ2v) is 5.57. The number of piperazine rings is 1. The van der Waals surface area contributed by atoms with Crippen LogP contribution < -0.4 is 4.90 Å². The van der Waals surface area contributed by atoms with Gasteiger partial charge in [-0.3, -0.25) is 9.88 Å². The van der Waals surface area contributed by atoms with Crippen LogP contribution in [0.25, 0.3) is 0 Å². The first-order valence-electron chi connectivity index (χ1n) is 7.39. The summed E-state index contributed by atoms with van der Waals surface area (Å²) in [5.41, 5.74) is 3.40. The van der Waals surface area contributed by atoms with Crippen LogP contribution in [0, 0.1) is 13.8 Å². The van der Waals surface area contributed by atoms with Crippen LogP contribution in [0.5, 0.6) is 0 Å². The monoisotopic (exact) mass is 283 g/mol. The average molecular weight is 283 g/mol. The van der Waals surface area contributed by atoms with E-state index < -0.39 is 0 Å². The van der Waals surface area contributed by atoms with Gasteiger partial charge in [0, 0.05) is 56.5 Å². The summed E-state index contributed by atoms with van der Waals surface area (Å²) in [4.78, 5) is 17.9. The largest absolute Gasteiger partial charge is 0.338 e. The van der Waals surface area contributed by atoms with Gasteiger partial charge in [-0.25, -0.2) is 9.97 Å². The zero-order valence-electron chi connectivity index (χ0n) is 12.7. The van der Waals surface area contributed by atoms with E-state index in [0.29, 0.717) is 0 Å². The van der Waals surface area contributed by atoms with E-state index in [1.54, 1.807) is 0 Å². The molecule has 5 heteroatoms. The van der Waals surface area contributed by atoms with E-state index >= 15 is 0 Å². The molecule has 5 nitrogen and oxygen atoms in total. The van der Waals surface area contributed by atoms with Gasteiger partial charge >= 0.3 is 0 Å². The van der Waals surface area contributed by atoms with Crippen molar-refractivity contribution < 1.29 is 0 Å². The summed E-state index contributed by atoms with van der Waals surface area (Å²) in [5.74, 6) is 0.871. The molecule has 0 aromatic carbocycles. The maximum Gasteiger partial charge on any atom is 0.225 e. The van der Waals surface area contributed by atoms with Crippen molar-refractivity contribution >= 4 is 5.95 Å². The first kappa shape index (κ1) is 13.9. The normalized spacial score (nSPS) is 16.2. The predicted molar refractivity (Wildman–Crippen MR) is 83.2 cm³/mol. The third kappa shape index (κ3) is 3.55. The molecule has 0 unspecified atom stereocenters. The first-order chi connectivity index (χ1) is 10.2. The fourth-order valence-electron chi connectivity index (χ4n) is 2.70. The lowest BCUT2D eigenvalue weighted by molar-refractivity contribution is 0.248. The molecule has 0 aliphatic carbocycles. The molecule has 110 valence electrons. The minimum absolute atomic E-state index is 0.871. The van der Waals surface area contributed by atoms with Crippen molar-refractivity contribution in [1.82, 2.24) is 19.9 Å². The topological polar surface area (TPSA) is 45.2 Å². The summed E-state index contributed by atoms with van der Waals surface area (Å²) in [7, 11) is 0. The third-order valence-corrected chi connectivity index (χ3v) is 3.78. The van der Waals surface area contributed by atoms with Gasteiger partial charge in [0.05, 0.1) is 0 Å². The maximum atomic E-state index is 4.55. The summed E-state index contributed by atoms with van der Waals surface area (Å²) in [6.45, 7) is 9.08. The van der Waals surface area contributed by atoms with Gasteiger partial charge in [-0.1, -0.05) is 0 Å². The molecule has 3 rings (SSSR count). The molecule has 1 fully saturated rings. The van der Waals surface area contributed by atoms with E-state index in [1.807, 2.05) is 32.3 Å². The van der Waals surface area contributed by atoms with Crippen molar-refractivity contribution in [3.63, 3.8) is 0 Å². The van der Waals surface area contributed by atoms with Crippen LogP contribution in [-0.4, -0.2) is 46.0 Å². The van der Waals surface area contributed by atoms with Crippen LogP contribution in [-0.2, 0) is 6.54 Å². The quantitative estimate of drug-likeness (QED) is 0.859. The molecular weight excluding hydrogens is 262 g/mol. The molecule has 0 atom stereocenters. The van der Waals surface area contributed by atoms with Crippen molar-refractivity contribution in [1.29, 1.82) is 0 Å². The lowest BCUT2D eigenvalue weighted by Crippen LogP contribution is -2.46. The van der Waals surface area contributed by atoms with Crippen LogP contribution in [0.1, 0.15) is 17.0 Å². The molecule has 2 aromatic heterocycles. The smallest absolute Gasteiger partial charge is 0.225 e. The van der Waals surface area contributed by atoms with Gasteiger partial charge in [-0.15, -0.1) is 0 Å². The molecule has 2 aromatic rings. The predicted octanol–water partition coefficient (Wildman–Crippen LogP) is 1.81. The van der Waals surface area contributed by atoms with E-state index in [2.05, 4.69) is 36.9 Å². The molecular formula is C16H21N5. The Morgan fingerprint density at radius 3 is 2.19 bits per heavy atom. The molecule has 0 amide bonds. The molecule has 3 heterocycles. The van der Waals surface area contributed by atoms with Gasteiger partial charge < -0.3 is 4.90 Å². The minimum Gasteiger partial charge on any atom is -0.338 e. The second kappa shape index (κ2) is 6.18. The van der Waals surface area contributed by atoms with Crippen LogP contribution >= 0.6 is 0 Å². The number of pyridine rings is 1. The Hall–Kier alpha value is -2.01. The Bertz CT molecular complexity index is 571. The molecule has 1 aliphatic heterocycles. The SMILES string of the molecule is Cc1cc(C)nc(N2CCN(Cc3ccncc3)CC2)n1. The lowest BCUT2D eigenvalue weighted by Gasteiger charge is -2.34. The number of aryl methyl sites for hydroxylation is 2. The maximum absolute atomic E-state index is 4.55. The summed E-state index contributed by atoms with van der Waals surface area (Å²) >= 11 is 0. The molecule has 1 aliphatic rings. The Balaban J connectivity index is 1.60. The average Bonchev–Trinajstić information content (AvgIpc) is 2.48. The van der Waals surface area contributed by atoms with Crippen molar-refractivity contribution in [2.75, 3.05) is 31.1 Å². The highest BCUT2D eigenvalue weighted by molar-refractivity contribution is 5.33. The van der Waals surface area contributed by atoms with Crippen LogP contribution in [0.4, 0.5) is 5.95 Å². The fourth-order valence-corrected chi connectivity index (χ4v) is 2.70. The number of nitrogens with zero attached hydrogens (tertiary/aromatic N) is 5. The van der Waals surface area contributed by atoms with E-state index in [1.165, 1.54) is 5.56 Å². The standard InChI is InChI=1S/C16H21N5/c1-13-11-14(2)19-16(18-13)21-9-7-20(8-10-21)12-15-3-5-17-6-4-15/h3-6,11H,7-10,12H2,1-2H3. The number of hydrogen-bond donors (Lipinski definition) is 0. The molecule has 0 N–H and O–H groups in total. The van der Waals surface area contributed by atoms with Gasteiger partial charge in [0.25, 0.3) is 0 Å². The highest BCUT2D eigenvalue weighted by Crippen LogP contribution is 2.14. The van der Waals surface area contributed by atoms with Crippen molar-refractivity contribution in [3.8, 4) is 0 Å². The van der Waals surface area contributed by atoms with E-state index in [-0.39, 0.29) is 0 Å². The number of hydrogen-bond acceptors (Lipinski definition) is 5. The highest BCUT2D eigenvalue weighted by atomic mass is 15.3. The van der Waals surface area contributed by atoms with Gasteiger partial charge in [0.15, 0.2) is 0 Å². The first-order valence-corrected chi connectivity index (χ1v) is 7.39. The van der Waals surface area contributed by atoms with Crippen molar-refractivity contribution in [2.24, 2.45) is 0 Å². The van der Waals surface area contributed by atoms with Crippen LogP contribution in [0.2, 0.25) is 0 Å². The van der Waals surface area contributed by atoms with Gasteiger partial charge in [0.2, 0.25) is 5.95 Å². The Morgan fingerprint density at radius 2 is 1.57 bits per heavy atom. The van der Waals surface area contributed by atoms with Gasteiger partial charge in [0.1, 0.15) is 0 Å². The Morgan fingerprint density at radius 1 is 0.952 bits per heavy atom. The zero-order valence-corrected chi connectivity index (χ0v) is 12.7. The summed E-state index contributed by atoms with van der Waals surface area (Å²) in [6.07, 6.45) is 3.71. The number of aromatic nitrogens is 3. The van der Waals surface area contributed by atoms with E-state index in [0.717, 1.165) is 50.1 Å². The molecule has 0 radical (unpaired) electrons. The number of rotatable bonds is 3. The Labute approximate surface area is 125 Å². The minimum atomic E-state index is 0.871. The van der Waals surface area contributed by atoms with Crippen molar-refractivity contribution in [2.45, 2.75) is 20.4 Å². The Kier molecular flexibility index (Phi) is 4.10. The molecule has 0 bridgehead atoms. The van der Waals surface area contributed by atoms with Gasteiger partial charge in [-0.05, 0) is 37.6 Å². The molecule has 0 spiro atoms. The van der Waals surface area contributed by atoms with Crippen LogP contribution in [0.15, 0.2) is 30.6 Å². The third-order valence-electron chi connectivity index (χ3n) is 3.78. The van der Waals surface area contributed by atoms with E-state index in [4.69, 9.17) is 0 Å².